The third kappa shape index (κ3) is 12.5. The predicted molar refractivity (Wildman–Crippen MR) is 274 cm³/mol. The Balaban J connectivity index is 1.28. The van der Waals surface area contributed by atoms with Crippen LogP contribution < -0.4 is 14.3 Å². The number of aromatic nitrogens is 2. The van der Waals surface area contributed by atoms with Crippen molar-refractivity contribution in [2.75, 3.05) is 13.7 Å². The first kappa shape index (κ1) is 49.5. The summed E-state index contributed by atoms with van der Waals surface area (Å²) in [6.45, 7) is -0.537. The van der Waals surface area contributed by atoms with Gasteiger partial charge in [-0.2, -0.15) is 4.98 Å². The first-order valence-electron chi connectivity index (χ1n) is 23.0. The minimum absolute atomic E-state index is 0.147. The Bertz CT molecular complexity index is 3290. The maximum absolute atomic E-state index is 14.4. The maximum Gasteiger partial charge on any atom is 0.338 e. The van der Waals surface area contributed by atoms with Crippen molar-refractivity contribution in [1.29, 1.82) is 0 Å². The average Bonchev–Trinajstić information content (AvgIpc) is 3.44. The molecule has 5 atom stereocenters. The van der Waals surface area contributed by atoms with E-state index >= 15 is 0 Å². The Morgan fingerprint density at radius 1 is 0.575 bits per heavy atom. The lowest BCUT2D eigenvalue weighted by Crippen LogP contribution is -2.62. The van der Waals surface area contributed by atoms with Gasteiger partial charge in [0.1, 0.15) is 18.5 Å². The zero-order chi connectivity index (χ0) is 50.4. The monoisotopic (exact) mass is 1010 g/mol. The number of benzene rings is 7. The van der Waals surface area contributed by atoms with E-state index in [2.05, 4.69) is 0 Å². The van der Waals surface area contributed by atoms with Crippen LogP contribution >= 0.6 is 23.1 Å². The third-order valence-electron chi connectivity index (χ3n) is 11.3. The third-order valence-corrected chi connectivity index (χ3v) is 13.1. The Hall–Kier alpha value is -8.44. The van der Waals surface area contributed by atoms with Crippen LogP contribution in [0.2, 0.25) is 0 Å². The minimum atomic E-state index is -1.65. The normalized spacial score (nSPS) is 17.7. The molecule has 0 saturated carbocycles. The van der Waals surface area contributed by atoms with Gasteiger partial charge < -0.3 is 28.4 Å². The molecule has 0 amide bonds. The second kappa shape index (κ2) is 24.1. The second-order valence-electron chi connectivity index (χ2n) is 16.2. The summed E-state index contributed by atoms with van der Waals surface area (Å²) < 4.78 is 39.6. The summed E-state index contributed by atoms with van der Waals surface area (Å²) in [4.78, 5) is 72.6. The van der Waals surface area contributed by atoms with Crippen LogP contribution in [0.1, 0.15) is 47.0 Å². The molecule has 0 spiro atoms. The number of hydrogen-bond acceptors (Lipinski definition) is 15. The zero-order valence-corrected chi connectivity index (χ0v) is 40.8. The van der Waals surface area contributed by atoms with E-state index in [1.165, 1.54) is 11.8 Å². The van der Waals surface area contributed by atoms with Crippen LogP contribution in [0.5, 0.6) is 5.75 Å². The summed E-state index contributed by atoms with van der Waals surface area (Å²) in [5.41, 5.74) is 2.88. The lowest BCUT2D eigenvalue weighted by molar-refractivity contribution is -0.227. The SMILES string of the molecule is COc1ccccc1-n1c(SCc2ccccc2)nc(=Nc2ccccc2)s/c1=N\[C@@H]1O[C@H](COC(=O)c2ccccc2)[C@@H](OC(=O)c2ccccc2)[C@H](OC(=O)c2ccccc2)[C@H]1OC(=O)c1ccccc1. The van der Waals surface area contributed by atoms with Gasteiger partial charge in [0.15, 0.2) is 34.5 Å². The molecule has 0 unspecified atom stereocenters. The number of hydrogen-bond donors (Lipinski definition) is 0. The van der Waals surface area contributed by atoms with Gasteiger partial charge in [0.05, 0.1) is 40.7 Å². The van der Waals surface area contributed by atoms with Gasteiger partial charge >= 0.3 is 23.9 Å². The molecule has 1 fully saturated rings. The van der Waals surface area contributed by atoms with E-state index < -0.39 is 61.1 Å². The highest BCUT2D eigenvalue weighted by Crippen LogP contribution is 2.33. The highest BCUT2D eigenvalue weighted by atomic mass is 32.2. The van der Waals surface area contributed by atoms with E-state index in [0.717, 1.165) is 16.9 Å². The van der Waals surface area contributed by atoms with Gasteiger partial charge in [0.2, 0.25) is 4.80 Å². The Labute approximate surface area is 428 Å². The standard InChI is InChI=1S/C57H46N4O10S2/c1-66-45-35-21-20-34-44(45)61-56(72-37-38-22-8-2-9-23-38)60-55(58-43-32-18-7-19-33-43)73-57(61)59-50-49(71-54(65)42-30-16-6-17-31-42)48(70-53(64)41-28-14-5-15-29-41)47(69-52(63)40-26-12-4-13-27-40)46(68-50)36-67-51(62)39-24-10-3-11-25-39/h2-35,46-50H,36-37H2,1H3/b58-55?,59-57-/t46-,47-,48+,49-,50-/m1/s1. The van der Waals surface area contributed by atoms with Crippen molar-refractivity contribution in [3.8, 4) is 11.4 Å². The average molecular weight is 1010 g/mol. The molecular formula is C57H46N4O10S2. The van der Waals surface area contributed by atoms with Crippen molar-refractivity contribution in [3.63, 3.8) is 0 Å². The van der Waals surface area contributed by atoms with Gasteiger partial charge in [-0.3, -0.25) is 4.57 Å². The van der Waals surface area contributed by atoms with Crippen molar-refractivity contribution >= 4 is 52.7 Å². The van der Waals surface area contributed by atoms with Crippen molar-refractivity contribution in [3.05, 3.63) is 244 Å². The van der Waals surface area contributed by atoms with Crippen molar-refractivity contribution in [2.24, 2.45) is 9.98 Å². The van der Waals surface area contributed by atoms with Crippen LogP contribution in [0, 0.1) is 0 Å². The largest absolute Gasteiger partial charge is 0.495 e. The van der Waals surface area contributed by atoms with E-state index in [4.69, 9.17) is 43.4 Å². The van der Waals surface area contributed by atoms with Crippen LogP contribution in [0.3, 0.4) is 0 Å². The summed E-state index contributed by atoms with van der Waals surface area (Å²) >= 11 is 2.51. The first-order valence-corrected chi connectivity index (χ1v) is 24.8. The van der Waals surface area contributed by atoms with E-state index in [-0.39, 0.29) is 27.1 Å². The Kier molecular flexibility index (Phi) is 16.4. The van der Waals surface area contributed by atoms with Crippen molar-refractivity contribution in [2.45, 2.75) is 41.6 Å². The van der Waals surface area contributed by atoms with E-state index in [0.29, 0.717) is 32.8 Å². The molecule has 7 aromatic carbocycles. The molecule has 1 aliphatic heterocycles. The lowest BCUT2D eigenvalue weighted by Gasteiger charge is -2.43. The molecule has 366 valence electrons. The van der Waals surface area contributed by atoms with Gasteiger partial charge in [-0.25, -0.2) is 29.2 Å². The number of carbonyl (C=O) groups excluding carboxylic acids is 4. The summed E-state index contributed by atoms with van der Waals surface area (Å²) in [5.74, 6) is -2.24. The topological polar surface area (TPSA) is 166 Å². The number of methoxy groups -OCH3 is 1. The van der Waals surface area contributed by atoms with Crippen LogP contribution in [0.25, 0.3) is 5.69 Å². The quantitative estimate of drug-likeness (QED) is 0.0512. The molecule has 14 nitrogen and oxygen atoms in total. The van der Waals surface area contributed by atoms with Gasteiger partial charge in [0.25, 0.3) is 0 Å². The van der Waals surface area contributed by atoms with Crippen LogP contribution in [-0.2, 0) is 29.4 Å². The summed E-state index contributed by atoms with van der Waals surface area (Å²) in [6.07, 6.45) is -7.85. The molecule has 0 radical (unpaired) electrons. The van der Waals surface area contributed by atoms with Gasteiger partial charge in [-0.1, -0.05) is 157 Å². The second-order valence-corrected chi connectivity index (χ2v) is 18.0. The van der Waals surface area contributed by atoms with Gasteiger partial charge in [-0.15, -0.1) is 0 Å². The number of carbonyl (C=O) groups is 4. The number of ether oxygens (including phenoxy) is 6. The molecule has 1 aromatic heterocycles. The minimum Gasteiger partial charge on any atom is -0.495 e. The van der Waals surface area contributed by atoms with Crippen LogP contribution in [0.4, 0.5) is 5.69 Å². The summed E-state index contributed by atoms with van der Waals surface area (Å²) in [6, 6.07) is 59.4. The number of nitrogens with zero attached hydrogens (tertiary/aromatic N) is 4. The molecule has 9 rings (SSSR count). The fraction of sp³-hybridized carbons (Fsp3) is 0.140. The molecule has 1 aliphatic rings. The van der Waals surface area contributed by atoms with E-state index in [9.17, 15) is 19.2 Å². The van der Waals surface area contributed by atoms with Crippen LogP contribution in [0.15, 0.2) is 221 Å². The predicted octanol–water partition coefficient (Wildman–Crippen LogP) is 9.63. The number of esters is 4. The van der Waals surface area contributed by atoms with Crippen molar-refractivity contribution < 1.29 is 47.6 Å². The lowest BCUT2D eigenvalue weighted by atomic mass is 9.97. The highest BCUT2D eigenvalue weighted by molar-refractivity contribution is 7.98. The number of para-hydroxylation sites is 3. The molecule has 2 heterocycles. The van der Waals surface area contributed by atoms with Crippen molar-refractivity contribution in [1.82, 2.24) is 9.55 Å². The Morgan fingerprint density at radius 2 is 1.04 bits per heavy atom. The molecule has 0 aliphatic carbocycles. The molecular weight excluding hydrogens is 965 g/mol. The smallest absolute Gasteiger partial charge is 0.338 e. The molecule has 73 heavy (non-hydrogen) atoms. The highest BCUT2D eigenvalue weighted by Gasteiger charge is 2.53. The first-order chi connectivity index (χ1) is 35.8. The fourth-order valence-corrected chi connectivity index (χ4v) is 9.65. The zero-order valence-electron chi connectivity index (χ0n) is 39.1. The summed E-state index contributed by atoms with van der Waals surface area (Å²) in [7, 11) is 1.55. The number of rotatable bonds is 16. The Morgan fingerprint density at radius 3 is 1.59 bits per heavy atom. The molecule has 0 bridgehead atoms. The van der Waals surface area contributed by atoms with E-state index in [1.54, 1.807) is 139 Å². The number of thioether (sulfide) groups is 1. The molecule has 0 N–H and O–H groups in total. The summed E-state index contributed by atoms with van der Waals surface area (Å²) in [5, 5.41) is 0.448. The van der Waals surface area contributed by atoms with E-state index in [1.807, 2.05) is 78.9 Å². The van der Waals surface area contributed by atoms with Gasteiger partial charge in [-0.05, 0) is 78.4 Å². The van der Waals surface area contributed by atoms with Crippen LogP contribution in [-0.4, -0.2) is 77.8 Å². The molecule has 8 aromatic rings. The fourth-order valence-electron chi connectivity index (χ4n) is 7.71. The molecule has 1 saturated heterocycles. The maximum atomic E-state index is 14.4. The molecule has 16 heteroatoms. The van der Waals surface area contributed by atoms with Gasteiger partial charge in [0, 0.05) is 5.75 Å².